The van der Waals surface area contributed by atoms with E-state index in [1.54, 1.807) is 0 Å². The minimum absolute atomic E-state index is 0.889. The third-order valence-corrected chi connectivity index (χ3v) is 0.654. The van der Waals surface area contributed by atoms with Crippen molar-refractivity contribution in [2.45, 2.75) is 12.8 Å². The zero-order valence-corrected chi connectivity index (χ0v) is 4.41. The van der Waals surface area contributed by atoms with Gasteiger partial charge in [0, 0.05) is 12.6 Å². The van der Waals surface area contributed by atoms with E-state index in [-0.39, 0.29) is 0 Å². The van der Waals surface area contributed by atoms with Crippen LogP contribution in [0, 0.1) is 19.4 Å². The summed E-state index contributed by atoms with van der Waals surface area (Å²) in [5, 5.41) is 2.74. The molecule has 0 saturated heterocycles. The standard InChI is InChI=1S/C6H10N/c1-3-5-6-7-4-2/h2,7H,1,3,5-6H2. The Morgan fingerprint density at radius 2 is 2.43 bits per heavy atom. The molecule has 0 aliphatic rings. The van der Waals surface area contributed by atoms with Gasteiger partial charge in [0.1, 0.15) is 0 Å². The predicted octanol–water partition coefficient (Wildman–Crippen LogP) is 0.781. The van der Waals surface area contributed by atoms with E-state index in [4.69, 9.17) is 6.42 Å². The van der Waals surface area contributed by atoms with Crippen molar-refractivity contribution in [1.82, 2.24) is 5.32 Å². The molecule has 0 fully saturated rings. The van der Waals surface area contributed by atoms with Crippen molar-refractivity contribution in [3.8, 4) is 12.5 Å². The summed E-state index contributed by atoms with van der Waals surface area (Å²) in [4.78, 5) is 0. The first-order chi connectivity index (χ1) is 3.41. The van der Waals surface area contributed by atoms with Crippen LogP contribution in [-0.4, -0.2) is 6.54 Å². The average molecular weight is 96.2 g/mol. The van der Waals surface area contributed by atoms with Gasteiger partial charge in [0.2, 0.25) is 0 Å². The molecule has 0 aromatic heterocycles. The summed E-state index contributed by atoms with van der Waals surface area (Å²) in [5.74, 6) is 0. The van der Waals surface area contributed by atoms with Gasteiger partial charge in [-0.05, 0) is 6.42 Å². The number of terminal acetylenes is 1. The minimum Gasteiger partial charge on any atom is -0.346 e. The molecular weight excluding hydrogens is 86.1 g/mol. The van der Waals surface area contributed by atoms with Crippen LogP contribution in [0.5, 0.6) is 0 Å². The SMILES string of the molecule is C#CNCCC[CH2]. The minimum atomic E-state index is 0.889. The molecular formula is C6H10N. The van der Waals surface area contributed by atoms with Crippen LogP contribution in [0.25, 0.3) is 0 Å². The molecule has 1 N–H and O–H groups in total. The van der Waals surface area contributed by atoms with Gasteiger partial charge < -0.3 is 5.32 Å². The molecule has 0 unspecified atom stereocenters. The molecule has 0 atom stereocenters. The summed E-state index contributed by atoms with van der Waals surface area (Å²) in [5.41, 5.74) is 0. The highest BCUT2D eigenvalue weighted by molar-refractivity contribution is 4.79. The Hall–Kier alpha value is -0.640. The fourth-order valence-electron chi connectivity index (χ4n) is 0.286. The van der Waals surface area contributed by atoms with Crippen LogP contribution in [0.4, 0.5) is 0 Å². The maximum absolute atomic E-state index is 4.89. The highest BCUT2D eigenvalue weighted by atomic mass is 14.8. The molecule has 0 amide bonds. The number of nitrogens with one attached hydrogen (secondary N) is 1. The van der Waals surface area contributed by atoms with E-state index in [0.29, 0.717) is 0 Å². The molecule has 0 aliphatic heterocycles. The molecule has 7 heavy (non-hydrogen) atoms. The van der Waals surface area contributed by atoms with Gasteiger partial charge in [-0.1, -0.05) is 19.8 Å². The third kappa shape index (κ3) is 5.36. The van der Waals surface area contributed by atoms with Gasteiger partial charge in [-0.15, -0.1) is 0 Å². The molecule has 0 aromatic carbocycles. The fourth-order valence-corrected chi connectivity index (χ4v) is 0.286. The van der Waals surface area contributed by atoms with Crippen LogP contribution < -0.4 is 5.32 Å². The van der Waals surface area contributed by atoms with Crippen LogP contribution in [0.2, 0.25) is 0 Å². The molecule has 0 aliphatic carbocycles. The fraction of sp³-hybridized carbons (Fsp3) is 0.500. The summed E-state index contributed by atoms with van der Waals surface area (Å²) in [6.07, 6.45) is 6.90. The monoisotopic (exact) mass is 96.1 g/mol. The van der Waals surface area contributed by atoms with Crippen LogP contribution in [-0.2, 0) is 0 Å². The predicted molar refractivity (Wildman–Crippen MR) is 31.4 cm³/mol. The second-order valence-corrected chi connectivity index (χ2v) is 1.28. The summed E-state index contributed by atoms with van der Waals surface area (Å²) in [6, 6.07) is 2.32. The third-order valence-electron chi connectivity index (χ3n) is 0.654. The lowest BCUT2D eigenvalue weighted by atomic mass is 10.3. The van der Waals surface area contributed by atoms with Crippen LogP contribution >= 0.6 is 0 Å². The Morgan fingerprint density at radius 3 is 2.86 bits per heavy atom. The average Bonchev–Trinajstić information content (AvgIpc) is 1.69. The van der Waals surface area contributed by atoms with Gasteiger partial charge >= 0.3 is 0 Å². The molecule has 0 saturated carbocycles. The van der Waals surface area contributed by atoms with E-state index in [1.165, 1.54) is 0 Å². The lowest BCUT2D eigenvalue weighted by molar-refractivity contribution is 0.779. The molecule has 0 heterocycles. The van der Waals surface area contributed by atoms with E-state index in [9.17, 15) is 0 Å². The molecule has 39 valence electrons. The Bertz CT molecular complexity index is 61.1. The van der Waals surface area contributed by atoms with Crippen molar-refractivity contribution >= 4 is 0 Å². The van der Waals surface area contributed by atoms with E-state index in [2.05, 4.69) is 18.3 Å². The highest BCUT2D eigenvalue weighted by Crippen LogP contribution is 1.79. The Balaban J connectivity index is 2.60. The summed E-state index contributed by atoms with van der Waals surface area (Å²) >= 11 is 0. The summed E-state index contributed by atoms with van der Waals surface area (Å²) < 4.78 is 0. The molecule has 1 nitrogen and oxygen atoms in total. The summed E-state index contributed by atoms with van der Waals surface area (Å²) in [7, 11) is 0. The largest absolute Gasteiger partial charge is 0.346 e. The molecule has 0 spiro atoms. The molecule has 0 aromatic rings. The number of hydrogen-bond donors (Lipinski definition) is 1. The van der Waals surface area contributed by atoms with Crippen molar-refractivity contribution in [2.75, 3.05) is 6.54 Å². The number of unbranched alkanes of at least 4 members (excludes halogenated alkanes) is 1. The normalized spacial score (nSPS) is 7.43. The van der Waals surface area contributed by atoms with Gasteiger partial charge in [0.15, 0.2) is 0 Å². The molecule has 0 rings (SSSR count). The first kappa shape index (κ1) is 6.36. The Labute approximate surface area is 45.1 Å². The molecule has 1 heteroatoms. The number of hydrogen-bond acceptors (Lipinski definition) is 1. The first-order valence-electron chi connectivity index (χ1n) is 2.39. The smallest absolute Gasteiger partial charge is 0.0229 e. The zero-order chi connectivity index (χ0) is 5.54. The van der Waals surface area contributed by atoms with E-state index in [0.717, 1.165) is 19.4 Å². The highest BCUT2D eigenvalue weighted by Gasteiger charge is 1.75. The van der Waals surface area contributed by atoms with Crippen LogP contribution in [0.3, 0.4) is 0 Å². The van der Waals surface area contributed by atoms with Gasteiger partial charge in [0.25, 0.3) is 0 Å². The van der Waals surface area contributed by atoms with Gasteiger partial charge in [-0.3, -0.25) is 0 Å². The van der Waals surface area contributed by atoms with Gasteiger partial charge in [-0.25, -0.2) is 0 Å². The van der Waals surface area contributed by atoms with Crippen molar-refractivity contribution in [1.29, 1.82) is 0 Å². The van der Waals surface area contributed by atoms with Gasteiger partial charge in [-0.2, -0.15) is 0 Å². The first-order valence-corrected chi connectivity index (χ1v) is 2.39. The molecule has 0 bridgehead atoms. The van der Waals surface area contributed by atoms with Crippen molar-refractivity contribution in [2.24, 2.45) is 0 Å². The quantitative estimate of drug-likeness (QED) is 0.311. The maximum atomic E-state index is 4.89. The lowest BCUT2D eigenvalue weighted by Crippen LogP contribution is -2.05. The van der Waals surface area contributed by atoms with Crippen LogP contribution in [0.15, 0.2) is 0 Å². The summed E-state index contributed by atoms with van der Waals surface area (Å²) in [6.45, 7) is 4.54. The molecule has 1 radical (unpaired) electrons. The maximum Gasteiger partial charge on any atom is 0.0229 e. The Morgan fingerprint density at radius 1 is 1.71 bits per heavy atom. The lowest BCUT2D eigenvalue weighted by Gasteiger charge is -1.90. The topological polar surface area (TPSA) is 12.0 Å². The van der Waals surface area contributed by atoms with Crippen molar-refractivity contribution in [3.05, 3.63) is 6.92 Å². The second kappa shape index (κ2) is 5.36. The second-order valence-electron chi connectivity index (χ2n) is 1.28. The van der Waals surface area contributed by atoms with Crippen LogP contribution in [0.1, 0.15) is 12.8 Å². The van der Waals surface area contributed by atoms with E-state index >= 15 is 0 Å². The Kier molecular flexibility index (Phi) is 4.87. The zero-order valence-electron chi connectivity index (χ0n) is 4.41. The van der Waals surface area contributed by atoms with Crippen molar-refractivity contribution < 1.29 is 0 Å². The van der Waals surface area contributed by atoms with E-state index < -0.39 is 0 Å². The van der Waals surface area contributed by atoms with Crippen molar-refractivity contribution in [3.63, 3.8) is 0 Å². The number of rotatable bonds is 3. The van der Waals surface area contributed by atoms with Gasteiger partial charge in [0.05, 0.1) is 0 Å². The van der Waals surface area contributed by atoms with E-state index in [1.807, 2.05) is 0 Å².